The van der Waals surface area contributed by atoms with Gasteiger partial charge < -0.3 is 9.47 Å². The smallest absolute Gasteiger partial charge is 0.170 e. The summed E-state index contributed by atoms with van der Waals surface area (Å²) in [5.41, 5.74) is 1.00. The Labute approximate surface area is 112 Å². The number of nitrogens with zero attached hydrogens (tertiary/aromatic N) is 3. The summed E-state index contributed by atoms with van der Waals surface area (Å²) < 4.78 is 11.4. The third kappa shape index (κ3) is 2.47. The normalized spacial score (nSPS) is 24.2. The molecular weight excluding hydrogens is 242 g/mol. The van der Waals surface area contributed by atoms with Gasteiger partial charge in [-0.15, -0.1) is 0 Å². The summed E-state index contributed by atoms with van der Waals surface area (Å²) >= 11 is 0. The second-order valence-electron chi connectivity index (χ2n) is 4.96. The Morgan fingerprint density at radius 1 is 1.21 bits per heavy atom. The van der Waals surface area contributed by atoms with Gasteiger partial charge in [-0.25, -0.2) is 0 Å². The number of hydrogen-bond acceptors (Lipinski definition) is 5. The molecule has 0 radical (unpaired) electrons. The highest BCUT2D eigenvalue weighted by Crippen LogP contribution is 2.34. The van der Waals surface area contributed by atoms with E-state index < -0.39 is 0 Å². The van der Waals surface area contributed by atoms with E-state index in [0.717, 1.165) is 31.5 Å². The average molecular weight is 259 g/mol. The van der Waals surface area contributed by atoms with Gasteiger partial charge in [0.15, 0.2) is 5.79 Å². The molecule has 3 heterocycles. The second kappa shape index (κ2) is 5.25. The molecule has 2 aliphatic rings. The summed E-state index contributed by atoms with van der Waals surface area (Å²) in [5, 5.41) is 9.41. The van der Waals surface area contributed by atoms with Crippen LogP contribution >= 0.6 is 0 Å². The fraction of sp³-hybridized carbons (Fsp3) is 0.571. The minimum Gasteiger partial charge on any atom is -0.347 e. The fourth-order valence-electron chi connectivity index (χ4n) is 2.82. The zero-order chi connectivity index (χ0) is 13.1. The van der Waals surface area contributed by atoms with Gasteiger partial charge in [-0.1, -0.05) is 0 Å². The van der Waals surface area contributed by atoms with Crippen LogP contribution in [0.2, 0.25) is 0 Å². The predicted octanol–water partition coefficient (Wildman–Crippen LogP) is 1.49. The van der Waals surface area contributed by atoms with Crippen molar-refractivity contribution in [2.45, 2.75) is 24.7 Å². The summed E-state index contributed by atoms with van der Waals surface area (Å²) in [6.07, 6.45) is 5.12. The maximum absolute atomic E-state index is 9.41. The number of rotatable bonds is 2. The number of ether oxygens (including phenoxy) is 2. The Morgan fingerprint density at radius 2 is 1.84 bits per heavy atom. The first-order valence-corrected chi connectivity index (χ1v) is 6.64. The van der Waals surface area contributed by atoms with Crippen molar-refractivity contribution < 1.29 is 9.47 Å². The molecule has 0 N–H and O–H groups in total. The minimum absolute atomic E-state index is 0.207. The molecular formula is C14H17N3O2. The molecule has 2 fully saturated rings. The van der Waals surface area contributed by atoms with Crippen LogP contribution in [0.25, 0.3) is 0 Å². The van der Waals surface area contributed by atoms with Crippen LogP contribution < -0.4 is 0 Å². The van der Waals surface area contributed by atoms with E-state index in [-0.39, 0.29) is 11.8 Å². The van der Waals surface area contributed by atoms with Crippen LogP contribution in [-0.2, 0) is 9.47 Å². The highest BCUT2D eigenvalue weighted by atomic mass is 16.7. The molecule has 1 atom stereocenters. The maximum atomic E-state index is 9.41. The molecule has 2 aliphatic heterocycles. The molecule has 1 unspecified atom stereocenters. The van der Waals surface area contributed by atoms with Crippen LogP contribution in [0.3, 0.4) is 0 Å². The second-order valence-corrected chi connectivity index (χ2v) is 4.96. The molecule has 100 valence electrons. The van der Waals surface area contributed by atoms with E-state index in [0.29, 0.717) is 13.2 Å². The van der Waals surface area contributed by atoms with Gasteiger partial charge in [-0.2, -0.15) is 5.26 Å². The number of nitriles is 1. The first kappa shape index (κ1) is 12.5. The van der Waals surface area contributed by atoms with Crippen LogP contribution in [0.1, 0.15) is 24.4 Å². The Balaban J connectivity index is 1.68. The van der Waals surface area contributed by atoms with Gasteiger partial charge in [-0.3, -0.25) is 9.88 Å². The highest BCUT2D eigenvalue weighted by Gasteiger charge is 2.41. The molecule has 1 aromatic heterocycles. The van der Waals surface area contributed by atoms with Gasteiger partial charge >= 0.3 is 0 Å². The number of aromatic nitrogens is 1. The van der Waals surface area contributed by atoms with Crippen molar-refractivity contribution in [3.8, 4) is 6.07 Å². The molecule has 5 nitrogen and oxygen atoms in total. The lowest BCUT2D eigenvalue weighted by Crippen LogP contribution is -2.46. The third-order valence-corrected chi connectivity index (χ3v) is 3.88. The fourth-order valence-corrected chi connectivity index (χ4v) is 2.82. The summed E-state index contributed by atoms with van der Waals surface area (Å²) in [5.74, 6) is -0.380. The van der Waals surface area contributed by atoms with Gasteiger partial charge in [0.2, 0.25) is 0 Å². The van der Waals surface area contributed by atoms with Crippen LogP contribution in [0.5, 0.6) is 0 Å². The largest absolute Gasteiger partial charge is 0.347 e. The average Bonchev–Trinajstić information content (AvgIpc) is 2.92. The van der Waals surface area contributed by atoms with E-state index in [4.69, 9.17) is 9.47 Å². The number of likely N-dealkylation sites (tertiary alicyclic amines) is 1. The first-order chi connectivity index (χ1) is 9.33. The van der Waals surface area contributed by atoms with Crippen molar-refractivity contribution in [3.63, 3.8) is 0 Å². The molecule has 2 saturated heterocycles. The zero-order valence-corrected chi connectivity index (χ0v) is 10.8. The number of hydrogen-bond donors (Lipinski definition) is 0. The summed E-state index contributed by atoms with van der Waals surface area (Å²) in [7, 11) is 0. The Kier molecular flexibility index (Phi) is 3.47. The lowest BCUT2D eigenvalue weighted by Gasteiger charge is -2.39. The lowest BCUT2D eigenvalue weighted by molar-refractivity contribution is -0.186. The third-order valence-electron chi connectivity index (χ3n) is 3.88. The summed E-state index contributed by atoms with van der Waals surface area (Å²) in [4.78, 5) is 6.18. The highest BCUT2D eigenvalue weighted by molar-refractivity contribution is 5.21. The number of piperidine rings is 1. The first-order valence-electron chi connectivity index (χ1n) is 6.64. The Hall–Kier alpha value is -1.48. The van der Waals surface area contributed by atoms with E-state index in [1.165, 1.54) is 0 Å². The van der Waals surface area contributed by atoms with E-state index >= 15 is 0 Å². The molecule has 0 saturated carbocycles. The molecule has 1 aromatic rings. The van der Waals surface area contributed by atoms with E-state index in [2.05, 4.69) is 16.0 Å². The standard InChI is InChI=1S/C14H17N3O2/c15-11-13(12-1-5-16-6-2-12)17-7-3-14(4-8-17)18-9-10-19-14/h1-2,5-6,13H,3-4,7-10H2. The molecule has 3 rings (SSSR count). The molecule has 0 aromatic carbocycles. The van der Waals surface area contributed by atoms with Crippen LogP contribution in [0.4, 0.5) is 0 Å². The summed E-state index contributed by atoms with van der Waals surface area (Å²) in [6.45, 7) is 3.01. The van der Waals surface area contributed by atoms with Crippen LogP contribution in [-0.4, -0.2) is 42.0 Å². The monoisotopic (exact) mass is 259 g/mol. The lowest BCUT2D eigenvalue weighted by atomic mass is 9.99. The quantitative estimate of drug-likeness (QED) is 0.805. The molecule has 0 amide bonds. The van der Waals surface area contributed by atoms with E-state index in [1.54, 1.807) is 12.4 Å². The van der Waals surface area contributed by atoms with E-state index in [1.807, 2.05) is 12.1 Å². The van der Waals surface area contributed by atoms with Crippen molar-refractivity contribution in [1.82, 2.24) is 9.88 Å². The molecule has 1 spiro atoms. The van der Waals surface area contributed by atoms with Crippen molar-refractivity contribution >= 4 is 0 Å². The molecule has 0 bridgehead atoms. The van der Waals surface area contributed by atoms with Crippen molar-refractivity contribution in [2.24, 2.45) is 0 Å². The van der Waals surface area contributed by atoms with Crippen molar-refractivity contribution in [3.05, 3.63) is 30.1 Å². The van der Waals surface area contributed by atoms with Crippen LogP contribution in [0, 0.1) is 11.3 Å². The van der Waals surface area contributed by atoms with Gasteiger partial charge in [0.25, 0.3) is 0 Å². The minimum atomic E-state index is -0.380. The zero-order valence-electron chi connectivity index (χ0n) is 10.8. The van der Waals surface area contributed by atoms with Gasteiger partial charge in [0.05, 0.1) is 19.3 Å². The van der Waals surface area contributed by atoms with Crippen molar-refractivity contribution in [2.75, 3.05) is 26.3 Å². The van der Waals surface area contributed by atoms with Gasteiger partial charge in [0, 0.05) is 38.3 Å². The van der Waals surface area contributed by atoms with Crippen molar-refractivity contribution in [1.29, 1.82) is 5.26 Å². The maximum Gasteiger partial charge on any atom is 0.170 e. The van der Waals surface area contributed by atoms with Gasteiger partial charge in [0.1, 0.15) is 6.04 Å². The van der Waals surface area contributed by atoms with Gasteiger partial charge in [-0.05, 0) is 17.7 Å². The van der Waals surface area contributed by atoms with Crippen LogP contribution in [0.15, 0.2) is 24.5 Å². The predicted molar refractivity (Wildman–Crippen MR) is 68.0 cm³/mol. The Morgan fingerprint density at radius 3 is 2.42 bits per heavy atom. The molecule has 5 heteroatoms. The molecule has 0 aliphatic carbocycles. The molecule has 19 heavy (non-hydrogen) atoms. The Bertz CT molecular complexity index is 455. The SMILES string of the molecule is N#CC(c1ccncc1)N1CCC2(CC1)OCCO2. The summed E-state index contributed by atoms with van der Waals surface area (Å²) in [6, 6.07) is 5.98. The topological polar surface area (TPSA) is 58.4 Å². The number of pyridine rings is 1. The van der Waals surface area contributed by atoms with E-state index in [9.17, 15) is 5.26 Å².